The Kier molecular flexibility index (Phi) is 8.24. The first-order valence-electron chi connectivity index (χ1n) is 7.03. The van der Waals surface area contributed by atoms with E-state index in [0.717, 1.165) is 6.42 Å². The van der Waals surface area contributed by atoms with Crippen molar-refractivity contribution in [1.29, 1.82) is 0 Å². The third kappa shape index (κ3) is 6.22. The number of likely N-dealkylation sites (tertiary alicyclic amines) is 1. The standard InChI is InChI=1S/C12H22N2O8/c15-9(12(18)19)3-5-13-8(11(16)17)4-7-14-6-1-2-10(14)21-22-20/h8-10,13,15,20H,1-7H2,(H,16,17)(H,18,19). The van der Waals surface area contributed by atoms with Crippen molar-refractivity contribution in [2.75, 3.05) is 19.6 Å². The molecule has 10 heteroatoms. The highest BCUT2D eigenvalue weighted by Crippen LogP contribution is 2.18. The highest BCUT2D eigenvalue weighted by atomic mass is 17.5. The summed E-state index contributed by atoms with van der Waals surface area (Å²) in [4.78, 5) is 28.1. The zero-order valence-electron chi connectivity index (χ0n) is 12.1. The summed E-state index contributed by atoms with van der Waals surface area (Å²) in [6.07, 6.45) is -0.203. The maximum absolute atomic E-state index is 11.2. The molecule has 5 N–H and O–H groups in total. The lowest BCUT2D eigenvalue weighted by atomic mass is 10.1. The van der Waals surface area contributed by atoms with E-state index in [1.165, 1.54) is 0 Å². The molecule has 0 aromatic heterocycles. The van der Waals surface area contributed by atoms with Gasteiger partial charge in [0.1, 0.15) is 12.3 Å². The number of aliphatic hydroxyl groups is 1. The molecular formula is C12H22N2O8. The van der Waals surface area contributed by atoms with Crippen molar-refractivity contribution in [2.24, 2.45) is 0 Å². The summed E-state index contributed by atoms with van der Waals surface area (Å²) >= 11 is 0. The molecular weight excluding hydrogens is 300 g/mol. The minimum Gasteiger partial charge on any atom is -0.480 e. The van der Waals surface area contributed by atoms with Crippen LogP contribution in [0.5, 0.6) is 0 Å². The van der Waals surface area contributed by atoms with Gasteiger partial charge in [-0.3, -0.25) is 9.69 Å². The number of aliphatic hydroxyl groups excluding tert-OH is 1. The monoisotopic (exact) mass is 322 g/mol. The van der Waals surface area contributed by atoms with E-state index in [2.05, 4.69) is 15.2 Å². The lowest BCUT2D eigenvalue weighted by molar-refractivity contribution is -0.515. The normalized spacial score (nSPS) is 21.6. The molecule has 0 bridgehead atoms. The quantitative estimate of drug-likeness (QED) is 0.239. The maximum Gasteiger partial charge on any atom is 0.332 e. The van der Waals surface area contributed by atoms with Gasteiger partial charge < -0.3 is 20.6 Å². The molecule has 0 radical (unpaired) electrons. The smallest absolute Gasteiger partial charge is 0.332 e. The minimum atomic E-state index is -1.51. The van der Waals surface area contributed by atoms with Gasteiger partial charge in [-0.25, -0.2) is 10.1 Å². The molecule has 0 amide bonds. The summed E-state index contributed by atoms with van der Waals surface area (Å²) in [7, 11) is 0. The molecule has 0 saturated carbocycles. The Labute approximate surface area is 127 Å². The van der Waals surface area contributed by atoms with Crippen LogP contribution in [0.15, 0.2) is 0 Å². The highest BCUT2D eigenvalue weighted by molar-refractivity contribution is 5.73. The molecule has 1 aliphatic heterocycles. The van der Waals surface area contributed by atoms with Crippen LogP contribution in [0.25, 0.3) is 0 Å². The van der Waals surface area contributed by atoms with Gasteiger partial charge in [0.15, 0.2) is 6.10 Å². The first kappa shape index (κ1) is 18.7. The van der Waals surface area contributed by atoms with Crippen LogP contribution in [0.2, 0.25) is 0 Å². The van der Waals surface area contributed by atoms with Gasteiger partial charge in [0.25, 0.3) is 0 Å². The van der Waals surface area contributed by atoms with Crippen LogP contribution in [0.4, 0.5) is 0 Å². The van der Waals surface area contributed by atoms with Crippen LogP contribution in [0.1, 0.15) is 25.7 Å². The molecule has 3 atom stereocenters. The van der Waals surface area contributed by atoms with Crippen molar-refractivity contribution in [1.82, 2.24) is 10.2 Å². The molecule has 1 aliphatic rings. The van der Waals surface area contributed by atoms with E-state index in [4.69, 9.17) is 20.6 Å². The van der Waals surface area contributed by atoms with E-state index in [-0.39, 0.29) is 19.4 Å². The van der Waals surface area contributed by atoms with Crippen LogP contribution >= 0.6 is 0 Å². The lowest BCUT2D eigenvalue weighted by Crippen LogP contribution is -2.42. The number of hydrogen-bond acceptors (Lipinski definition) is 8. The molecule has 1 heterocycles. The predicted molar refractivity (Wildman–Crippen MR) is 71.7 cm³/mol. The van der Waals surface area contributed by atoms with Crippen LogP contribution in [0.3, 0.4) is 0 Å². The van der Waals surface area contributed by atoms with E-state index in [9.17, 15) is 9.59 Å². The molecule has 0 aromatic carbocycles. The van der Waals surface area contributed by atoms with Gasteiger partial charge in [-0.2, -0.15) is 4.89 Å². The molecule has 10 nitrogen and oxygen atoms in total. The number of carbonyl (C=O) groups is 2. The van der Waals surface area contributed by atoms with Crippen molar-refractivity contribution in [3.8, 4) is 0 Å². The number of rotatable bonds is 11. The van der Waals surface area contributed by atoms with Gasteiger partial charge in [-0.05, 0) is 32.2 Å². The summed E-state index contributed by atoms with van der Waals surface area (Å²) in [6, 6.07) is -0.864. The number of carboxylic acid groups (broad SMARTS) is 2. The maximum atomic E-state index is 11.2. The molecule has 0 aromatic rings. The summed E-state index contributed by atoms with van der Waals surface area (Å²) in [5, 5.41) is 41.5. The molecule has 1 rings (SSSR count). The van der Waals surface area contributed by atoms with Gasteiger partial charge >= 0.3 is 11.9 Å². The molecule has 1 fully saturated rings. The average Bonchev–Trinajstić information content (AvgIpc) is 2.89. The second-order valence-electron chi connectivity index (χ2n) is 5.08. The van der Waals surface area contributed by atoms with Crippen LogP contribution in [-0.2, 0) is 19.5 Å². The molecule has 3 unspecified atom stereocenters. The second-order valence-corrected chi connectivity index (χ2v) is 5.08. The highest BCUT2D eigenvalue weighted by Gasteiger charge is 2.28. The molecule has 22 heavy (non-hydrogen) atoms. The van der Waals surface area contributed by atoms with Gasteiger partial charge in [0, 0.05) is 13.1 Å². The zero-order valence-corrected chi connectivity index (χ0v) is 12.1. The third-order valence-corrected chi connectivity index (χ3v) is 3.55. The lowest BCUT2D eigenvalue weighted by Gasteiger charge is -2.24. The fraction of sp³-hybridized carbons (Fsp3) is 0.833. The Morgan fingerprint density at radius 2 is 2.00 bits per heavy atom. The van der Waals surface area contributed by atoms with E-state index in [1.54, 1.807) is 0 Å². The first-order chi connectivity index (χ1) is 10.5. The van der Waals surface area contributed by atoms with E-state index >= 15 is 0 Å². The van der Waals surface area contributed by atoms with Gasteiger partial charge in [-0.1, -0.05) is 5.04 Å². The number of carboxylic acids is 2. The molecule has 0 aliphatic carbocycles. The minimum absolute atomic E-state index is 0.0735. The van der Waals surface area contributed by atoms with Crippen LogP contribution < -0.4 is 5.32 Å². The van der Waals surface area contributed by atoms with Crippen molar-refractivity contribution < 1.29 is 40.1 Å². The van der Waals surface area contributed by atoms with Crippen molar-refractivity contribution in [3.05, 3.63) is 0 Å². The zero-order chi connectivity index (χ0) is 16.5. The largest absolute Gasteiger partial charge is 0.480 e. The summed E-state index contributed by atoms with van der Waals surface area (Å²) in [6.45, 7) is 1.20. The average molecular weight is 322 g/mol. The van der Waals surface area contributed by atoms with E-state index in [1.807, 2.05) is 4.90 Å². The van der Waals surface area contributed by atoms with Gasteiger partial charge in [0.05, 0.1) is 0 Å². The summed E-state index contributed by atoms with van der Waals surface area (Å²) in [5.74, 6) is -2.39. The SMILES string of the molecule is O=C(O)C(O)CCNC(CCN1CCCC1OOO)C(=O)O. The summed E-state index contributed by atoms with van der Waals surface area (Å²) < 4.78 is 0. The van der Waals surface area contributed by atoms with Crippen molar-refractivity contribution in [3.63, 3.8) is 0 Å². The van der Waals surface area contributed by atoms with Crippen molar-refractivity contribution >= 4 is 11.9 Å². The second kappa shape index (κ2) is 9.66. The Morgan fingerprint density at radius 1 is 1.27 bits per heavy atom. The van der Waals surface area contributed by atoms with Gasteiger partial charge in [0.2, 0.25) is 0 Å². The number of aliphatic carboxylic acids is 2. The van der Waals surface area contributed by atoms with Crippen LogP contribution in [-0.4, -0.2) is 75.4 Å². The van der Waals surface area contributed by atoms with E-state index in [0.29, 0.717) is 19.5 Å². The third-order valence-electron chi connectivity index (χ3n) is 3.55. The molecule has 0 spiro atoms. The number of nitrogens with one attached hydrogen (secondary N) is 1. The number of hydrogen-bond donors (Lipinski definition) is 5. The topological polar surface area (TPSA) is 149 Å². The summed E-state index contributed by atoms with van der Waals surface area (Å²) in [5.41, 5.74) is 0. The van der Waals surface area contributed by atoms with Gasteiger partial charge in [-0.15, -0.1) is 0 Å². The Hall–Kier alpha value is -1.30. The fourth-order valence-electron chi connectivity index (χ4n) is 2.34. The van der Waals surface area contributed by atoms with Crippen LogP contribution in [0, 0.1) is 0 Å². The Morgan fingerprint density at radius 3 is 2.59 bits per heavy atom. The van der Waals surface area contributed by atoms with Crippen molar-refractivity contribution in [2.45, 2.75) is 44.1 Å². The number of nitrogens with zero attached hydrogens (tertiary/aromatic N) is 1. The van der Waals surface area contributed by atoms with E-state index < -0.39 is 30.3 Å². The first-order valence-corrected chi connectivity index (χ1v) is 7.03. The predicted octanol–water partition coefficient (Wildman–Crippen LogP) is -0.902. The Bertz CT molecular complexity index is 367. The fourth-order valence-corrected chi connectivity index (χ4v) is 2.34. The molecule has 1 saturated heterocycles. The Balaban J connectivity index is 2.34. The molecule has 128 valence electrons.